The van der Waals surface area contributed by atoms with Crippen LogP contribution in [0.4, 0.5) is 0 Å². The van der Waals surface area contributed by atoms with Crippen molar-refractivity contribution in [3.8, 4) is 5.69 Å². The molecule has 0 fully saturated rings. The van der Waals surface area contributed by atoms with Gasteiger partial charge in [0.15, 0.2) is 0 Å². The standard InChI is InChI=1S/C26H20Cl2N4O3S/c1-14-5-4-8-21-29-15(11-22(33)31(14)21)13-30-25-23(17-6-2-3-7-20(17)36-25)24(34)32(26(30)35)16-9-10-18(27)19(28)12-16/h4-5,8-12H,2-3,6-7,13H2,1H3. The number of fused-ring (bicyclic) bond motifs is 4. The van der Waals surface area contributed by atoms with Crippen molar-refractivity contribution in [3.63, 3.8) is 0 Å². The summed E-state index contributed by atoms with van der Waals surface area (Å²) in [6, 6.07) is 11.6. The van der Waals surface area contributed by atoms with Crippen molar-refractivity contribution in [2.75, 3.05) is 0 Å². The number of aryl methyl sites for hydroxylation is 3. The quantitative estimate of drug-likeness (QED) is 0.331. The molecule has 0 N–H and O–H groups in total. The first kappa shape index (κ1) is 23.2. The SMILES string of the molecule is Cc1cccc2nc(Cn3c(=O)n(-c4ccc(Cl)c(Cl)c4)c(=O)c4c5c(sc43)CCCC5)cc(=O)n12. The zero-order valence-electron chi connectivity index (χ0n) is 19.3. The first-order valence-corrected chi connectivity index (χ1v) is 13.1. The minimum absolute atomic E-state index is 0.0516. The maximum absolute atomic E-state index is 13.9. The van der Waals surface area contributed by atoms with Gasteiger partial charge in [0, 0.05) is 16.6 Å². The second-order valence-corrected chi connectivity index (χ2v) is 10.8. The van der Waals surface area contributed by atoms with Gasteiger partial charge in [0.1, 0.15) is 10.5 Å². The molecule has 0 amide bonds. The summed E-state index contributed by atoms with van der Waals surface area (Å²) < 4.78 is 4.23. The molecule has 0 bridgehead atoms. The Morgan fingerprint density at radius 3 is 2.61 bits per heavy atom. The molecule has 1 aliphatic rings. The molecular weight excluding hydrogens is 519 g/mol. The predicted octanol–water partition coefficient (Wildman–Crippen LogP) is 4.76. The molecule has 0 atom stereocenters. The number of thiophene rings is 1. The summed E-state index contributed by atoms with van der Waals surface area (Å²) in [6.07, 6.45) is 3.71. The van der Waals surface area contributed by atoms with Crippen molar-refractivity contribution in [1.82, 2.24) is 18.5 Å². The number of nitrogens with zero attached hydrogens (tertiary/aromatic N) is 4. The lowest BCUT2D eigenvalue weighted by atomic mass is 9.97. The van der Waals surface area contributed by atoms with E-state index in [-0.39, 0.29) is 22.7 Å². The Morgan fingerprint density at radius 2 is 1.81 bits per heavy atom. The summed E-state index contributed by atoms with van der Waals surface area (Å²) in [4.78, 5) is 46.9. The van der Waals surface area contributed by atoms with Crippen molar-refractivity contribution in [2.24, 2.45) is 0 Å². The molecular formula is C26H20Cl2N4O3S. The average molecular weight is 539 g/mol. The molecule has 6 rings (SSSR count). The van der Waals surface area contributed by atoms with Crippen LogP contribution in [0.5, 0.6) is 0 Å². The molecule has 1 aliphatic carbocycles. The third kappa shape index (κ3) is 3.63. The summed E-state index contributed by atoms with van der Waals surface area (Å²) in [5.74, 6) is 0. The number of aromatic nitrogens is 4. The van der Waals surface area contributed by atoms with Crippen LogP contribution in [0.1, 0.15) is 34.7 Å². The van der Waals surface area contributed by atoms with Crippen LogP contribution >= 0.6 is 34.5 Å². The Labute approximate surface area is 218 Å². The highest BCUT2D eigenvalue weighted by Crippen LogP contribution is 2.34. The number of rotatable bonds is 3. The molecule has 5 aromatic rings. The van der Waals surface area contributed by atoms with E-state index < -0.39 is 5.69 Å². The van der Waals surface area contributed by atoms with Gasteiger partial charge in [0.25, 0.3) is 11.1 Å². The monoisotopic (exact) mass is 538 g/mol. The van der Waals surface area contributed by atoms with Gasteiger partial charge in [-0.3, -0.25) is 18.6 Å². The molecule has 0 unspecified atom stereocenters. The fourth-order valence-corrected chi connectivity index (χ4v) is 6.63. The predicted molar refractivity (Wildman–Crippen MR) is 144 cm³/mol. The van der Waals surface area contributed by atoms with Gasteiger partial charge in [-0.05, 0) is 68.5 Å². The van der Waals surface area contributed by atoms with E-state index in [1.807, 2.05) is 19.1 Å². The van der Waals surface area contributed by atoms with E-state index in [1.54, 1.807) is 22.8 Å². The molecule has 4 aromatic heterocycles. The number of benzene rings is 1. The molecule has 1 aromatic carbocycles. The van der Waals surface area contributed by atoms with E-state index in [4.69, 9.17) is 23.2 Å². The van der Waals surface area contributed by atoms with Gasteiger partial charge < -0.3 is 0 Å². The Morgan fingerprint density at radius 1 is 1.00 bits per heavy atom. The zero-order valence-corrected chi connectivity index (χ0v) is 21.6. The zero-order chi connectivity index (χ0) is 25.1. The van der Waals surface area contributed by atoms with E-state index >= 15 is 0 Å². The Kier molecular flexibility index (Phi) is 5.63. The molecule has 0 saturated carbocycles. The third-order valence-electron chi connectivity index (χ3n) is 6.65. The van der Waals surface area contributed by atoms with E-state index in [2.05, 4.69) is 4.98 Å². The van der Waals surface area contributed by atoms with Crippen LogP contribution < -0.4 is 16.8 Å². The lowest BCUT2D eigenvalue weighted by molar-refractivity contribution is 0.692. The van der Waals surface area contributed by atoms with Crippen molar-refractivity contribution < 1.29 is 0 Å². The fourth-order valence-electron chi connectivity index (χ4n) is 4.97. The van der Waals surface area contributed by atoms with E-state index in [0.29, 0.717) is 32.3 Å². The maximum Gasteiger partial charge on any atom is 0.337 e. The van der Waals surface area contributed by atoms with Crippen LogP contribution in [-0.4, -0.2) is 18.5 Å². The van der Waals surface area contributed by atoms with E-state index in [0.717, 1.165) is 46.4 Å². The first-order chi connectivity index (χ1) is 17.3. The second kappa shape index (κ2) is 8.73. The van der Waals surface area contributed by atoms with Gasteiger partial charge in [-0.2, -0.15) is 0 Å². The highest BCUT2D eigenvalue weighted by atomic mass is 35.5. The van der Waals surface area contributed by atoms with E-state index in [1.165, 1.54) is 27.9 Å². The Bertz CT molecular complexity index is 1880. The number of halogens is 2. The van der Waals surface area contributed by atoms with Gasteiger partial charge in [-0.15, -0.1) is 11.3 Å². The van der Waals surface area contributed by atoms with Gasteiger partial charge >= 0.3 is 5.69 Å². The van der Waals surface area contributed by atoms with Crippen LogP contribution in [-0.2, 0) is 19.4 Å². The molecule has 0 spiro atoms. The lowest BCUT2D eigenvalue weighted by Gasteiger charge is -2.14. The minimum atomic E-state index is -0.518. The largest absolute Gasteiger partial charge is 0.337 e. The van der Waals surface area contributed by atoms with Gasteiger partial charge in [0.05, 0.1) is 33.4 Å². The molecule has 0 radical (unpaired) electrons. The highest BCUT2D eigenvalue weighted by molar-refractivity contribution is 7.18. The van der Waals surface area contributed by atoms with Crippen LogP contribution in [0.15, 0.2) is 56.8 Å². The minimum Gasteiger partial charge on any atom is -0.278 e. The fraction of sp³-hybridized carbons (Fsp3) is 0.231. The van der Waals surface area contributed by atoms with Crippen molar-refractivity contribution in [1.29, 1.82) is 0 Å². The van der Waals surface area contributed by atoms with Gasteiger partial charge in [0.2, 0.25) is 0 Å². The summed E-state index contributed by atoms with van der Waals surface area (Å²) in [5, 5.41) is 1.13. The molecule has 0 aliphatic heterocycles. The molecule has 7 nitrogen and oxygen atoms in total. The highest BCUT2D eigenvalue weighted by Gasteiger charge is 2.25. The second-order valence-electron chi connectivity index (χ2n) is 8.95. The topological polar surface area (TPSA) is 78.4 Å². The summed E-state index contributed by atoms with van der Waals surface area (Å²) >= 11 is 13.8. The Hall–Kier alpha value is -3.20. The van der Waals surface area contributed by atoms with Crippen LogP contribution in [0.2, 0.25) is 10.0 Å². The molecule has 10 heteroatoms. The maximum atomic E-state index is 13.9. The van der Waals surface area contributed by atoms with Crippen molar-refractivity contribution in [2.45, 2.75) is 39.2 Å². The van der Waals surface area contributed by atoms with Crippen LogP contribution in [0.25, 0.3) is 21.6 Å². The van der Waals surface area contributed by atoms with Gasteiger partial charge in [-0.25, -0.2) is 14.3 Å². The Balaban J connectivity index is 1.64. The first-order valence-electron chi connectivity index (χ1n) is 11.6. The normalized spacial score (nSPS) is 13.4. The smallest absolute Gasteiger partial charge is 0.278 e. The lowest BCUT2D eigenvalue weighted by Crippen LogP contribution is -2.39. The van der Waals surface area contributed by atoms with Gasteiger partial charge in [-0.1, -0.05) is 29.3 Å². The van der Waals surface area contributed by atoms with Crippen LogP contribution in [0.3, 0.4) is 0 Å². The number of pyridine rings is 1. The van der Waals surface area contributed by atoms with Crippen molar-refractivity contribution in [3.05, 3.63) is 106 Å². The summed E-state index contributed by atoms with van der Waals surface area (Å²) in [6.45, 7) is 1.89. The third-order valence-corrected chi connectivity index (χ3v) is 8.71. The molecule has 4 heterocycles. The summed E-state index contributed by atoms with van der Waals surface area (Å²) in [5.41, 5.74) is 1.96. The molecule has 182 valence electrons. The van der Waals surface area contributed by atoms with E-state index in [9.17, 15) is 14.4 Å². The van der Waals surface area contributed by atoms with Crippen molar-refractivity contribution >= 4 is 50.4 Å². The molecule has 0 saturated heterocycles. The van der Waals surface area contributed by atoms with Crippen LogP contribution in [0, 0.1) is 6.92 Å². The molecule has 36 heavy (non-hydrogen) atoms. The number of hydrogen-bond donors (Lipinski definition) is 0. The number of hydrogen-bond acceptors (Lipinski definition) is 5. The summed E-state index contributed by atoms with van der Waals surface area (Å²) in [7, 11) is 0. The average Bonchev–Trinajstić information content (AvgIpc) is 3.24.